The van der Waals surface area contributed by atoms with Crippen LogP contribution in [-0.4, -0.2) is 51.1 Å². The summed E-state index contributed by atoms with van der Waals surface area (Å²) in [7, 11) is 5.16. The molecule has 0 aliphatic heterocycles. The number of guanidine groups is 1. The largest absolute Gasteiger partial charge is 0.496 e. The van der Waals surface area contributed by atoms with Crippen LogP contribution in [-0.2, 0) is 11.3 Å². The molecule has 0 unspecified atom stereocenters. The van der Waals surface area contributed by atoms with Gasteiger partial charge in [0.2, 0.25) is 5.91 Å². The standard InChI is InChI=1S/C16H26N4O2.HI/c1-5-17-16(18-11-10-15(21)20(2)3)19-12-13-8-6-7-9-14(13)22-4;/h6-9H,5,10-12H2,1-4H3,(H2,17,18,19);1H. The second-order valence-electron chi connectivity index (χ2n) is 4.97. The van der Waals surface area contributed by atoms with Crippen molar-refractivity contribution in [1.82, 2.24) is 15.5 Å². The van der Waals surface area contributed by atoms with Gasteiger partial charge in [0.05, 0.1) is 13.7 Å². The number of aliphatic imine (C=N–C) groups is 1. The molecule has 0 fully saturated rings. The molecule has 2 N–H and O–H groups in total. The van der Waals surface area contributed by atoms with E-state index in [2.05, 4.69) is 15.6 Å². The number of amides is 1. The molecule has 1 amide bonds. The molecule has 0 saturated carbocycles. The topological polar surface area (TPSA) is 66.0 Å². The van der Waals surface area contributed by atoms with Crippen LogP contribution in [0.5, 0.6) is 5.75 Å². The van der Waals surface area contributed by atoms with E-state index in [-0.39, 0.29) is 29.9 Å². The Kier molecular flexibility index (Phi) is 11.2. The van der Waals surface area contributed by atoms with E-state index in [0.29, 0.717) is 25.5 Å². The fourth-order valence-corrected chi connectivity index (χ4v) is 1.85. The normalized spacial score (nSPS) is 10.5. The Morgan fingerprint density at radius 2 is 1.96 bits per heavy atom. The number of hydrogen-bond donors (Lipinski definition) is 2. The van der Waals surface area contributed by atoms with E-state index in [9.17, 15) is 4.79 Å². The number of rotatable bonds is 7. The number of nitrogens with zero attached hydrogens (tertiary/aromatic N) is 2. The van der Waals surface area contributed by atoms with Crippen molar-refractivity contribution in [3.05, 3.63) is 29.8 Å². The van der Waals surface area contributed by atoms with Crippen LogP contribution in [0.1, 0.15) is 18.9 Å². The minimum atomic E-state index is 0. The summed E-state index contributed by atoms with van der Waals surface area (Å²) in [4.78, 5) is 17.7. The van der Waals surface area contributed by atoms with E-state index in [1.165, 1.54) is 0 Å². The average molecular weight is 434 g/mol. The summed E-state index contributed by atoms with van der Waals surface area (Å²) in [5, 5.41) is 6.33. The van der Waals surface area contributed by atoms with Crippen molar-refractivity contribution in [3.63, 3.8) is 0 Å². The Morgan fingerprint density at radius 1 is 1.26 bits per heavy atom. The molecular weight excluding hydrogens is 407 g/mol. The zero-order valence-corrected chi connectivity index (χ0v) is 16.6. The monoisotopic (exact) mass is 434 g/mol. The molecule has 1 rings (SSSR count). The lowest BCUT2D eigenvalue weighted by atomic mass is 10.2. The van der Waals surface area contributed by atoms with E-state index in [1.807, 2.05) is 31.2 Å². The van der Waals surface area contributed by atoms with Gasteiger partial charge in [-0.15, -0.1) is 24.0 Å². The van der Waals surface area contributed by atoms with Crippen LogP contribution in [0.2, 0.25) is 0 Å². The maximum Gasteiger partial charge on any atom is 0.223 e. The highest BCUT2D eigenvalue weighted by molar-refractivity contribution is 14.0. The minimum Gasteiger partial charge on any atom is -0.496 e. The lowest BCUT2D eigenvalue weighted by Gasteiger charge is -2.13. The van der Waals surface area contributed by atoms with Crippen molar-refractivity contribution in [1.29, 1.82) is 0 Å². The first-order valence-electron chi connectivity index (χ1n) is 7.42. The number of hydrogen-bond acceptors (Lipinski definition) is 3. The van der Waals surface area contributed by atoms with Crippen LogP contribution in [0.15, 0.2) is 29.3 Å². The molecule has 0 aliphatic carbocycles. The van der Waals surface area contributed by atoms with Gasteiger partial charge in [-0.3, -0.25) is 4.79 Å². The van der Waals surface area contributed by atoms with Gasteiger partial charge in [0.15, 0.2) is 5.96 Å². The van der Waals surface area contributed by atoms with Crippen LogP contribution in [0.3, 0.4) is 0 Å². The van der Waals surface area contributed by atoms with Crippen molar-refractivity contribution in [3.8, 4) is 5.75 Å². The molecule has 0 spiro atoms. The molecule has 23 heavy (non-hydrogen) atoms. The number of methoxy groups -OCH3 is 1. The first-order valence-corrected chi connectivity index (χ1v) is 7.42. The van der Waals surface area contributed by atoms with Gasteiger partial charge in [0, 0.05) is 39.2 Å². The average Bonchev–Trinajstić information content (AvgIpc) is 2.52. The van der Waals surface area contributed by atoms with Gasteiger partial charge in [-0.1, -0.05) is 18.2 Å². The molecule has 0 radical (unpaired) electrons. The maximum atomic E-state index is 11.6. The van der Waals surface area contributed by atoms with Crippen LogP contribution < -0.4 is 15.4 Å². The van der Waals surface area contributed by atoms with Crippen molar-refractivity contribution < 1.29 is 9.53 Å². The van der Waals surface area contributed by atoms with Gasteiger partial charge in [-0.05, 0) is 13.0 Å². The third-order valence-corrected chi connectivity index (χ3v) is 3.07. The quantitative estimate of drug-likeness (QED) is 0.391. The van der Waals surface area contributed by atoms with Crippen LogP contribution in [0.4, 0.5) is 0 Å². The molecule has 0 bridgehead atoms. The summed E-state index contributed by atoms with van der Waals surface area (Å²) in [5.41, 5.74) is 1.02. The molecule has 1 aromatic rings. The van der Waals surface area contributed by atoms with Crippen LogP contribution in [0.25, 0.3) is 0 Å². The van der Waals surface area contributed by atoms with Crippen molar-refractivity contribution in [2.45, 2.75) is 19.9 Å². The zero-order valence-electron chi connectivity index (χ0n) is 14.3. The molecule has 0 saturated heterocycles. The number of benzene rings is 1. The summed E-state index contributed by atoms with van der Waals surface area (Å²) < 4.78 is 5.32. The van der Waals surface area contributed by atoms with Gasteiger partial charge in [-0.25, -0.2) is 4.99 Å². The molecule has 0 aliphatic rings. The SMILES string of the molecule is CCNC(=NCc1ccccc1OC)NCCC(=O)N(C)C.I. The summed E-state index contributed by atoms with van der Waals surface area (Å²) in [6.07, 6.45) is 0.437. The van der Waals surface area contributed by atoms with Crippen molar-refractivity contribution >= 4 is 35.8 Å². The third kappa shape index (κ3) is 8.06. The number of carbonyl (C=O) groups excluding carboxylic acids is 1. The lowest BCUT2D eigenvalue weighted by molar-refractivity contribution is -0.128. The van der Waals surface area contributed by atoms with Crippen molar-refractivity contribution in [2.24, 2.45) is 4.99 Å². The summed E-state index contributed by atoms with van der Waals surface area (Å²) >= 11 is 0. The molecule has 1 aromatic carbocycles. The molecule has 130 valence electrons. The highest BCUT2D eigenvalue weighted by atomic mass is 127. The van der Waals surface area contributed by atoms with E-state index in [0.717, 1.165) is 17.9 Å². The molecule has 0 aromatic heterocycles. The van der Waals surface area contributed by atoms with E-state index in [1.54, 1.807) is 26.1 Å². The Hall–Kier alpha value is -1.51. The number of halogens is 1. The second-order valence-corrected chi connectivity index (χ2v) is 4.97. The smallest absolute Gasteiger partial charge is 0.223 e. The number of ether oxygens (including phenoxy) is 1. The first kappa shape index (κ1) is 21.5. The lowest BCUT2D eigenvalue weighted by Crippen LogP contribution is -2.39. The predicted molar refractivity (Wildman–Crippen MR) is 105 cm³/mol. The Morgan fingerprint density at radius 3 is 2.57 bits per heavy atom. The fraction of sp³-hybridized carbons (Fsp3) is 0.500. The number of nitrogens with one attached hydrogen (secondary N) is 2. The van der Waals surface area contributed by atoms with Gasteiger partial charge in [0.25, 0.3) is 0 Å². The first-order chi connectivity index (χ1) is 10.6. The zero-order chi connectivity index (χ0) is 16.4. The number of carbonyl (C=O) groups is 1. The van der Waals surface area contributed by atoms with Gasteiger partial charge in [-0.2, -0.15) is 0 Å². The van der Waals surface area contributed by atoms with E-state index < -0.39 is 0 Å². The second kappa shape index (κ2) is 12.0. The molecular formula is C16H27IN4O2. The summed E-state index contributed by atoms with van der Waals surface area (Å²) in [6.45, 7) is 3.83. The van der Waals surface area contributed by atoms with Gasteiger partial charge in [0.1, 0.15) is 5.75 Å². The third-order valence-electron chi connectivity index (χ3n) is 3.07. The van der Waals surface area contributed by atoms with Crippen molar-refractivity contribution in [2.75, 3.05) is 34.3 Å². The minimum absolute atomic E-state index is 0. The van der Waals surface area contributed by atoms with Crippen LogP contribution >= 0.6 is 24.0 Å². The highest BCUT2D eigenvalue weighted by Crippen LogP contribution is 2.17. The van der Waals surface area contributed by atoms with E-state index >= 15 is 0 Å². The highest BCUT2D eigenvalue weighted by Gasteiger charge is 2.05. The molecule has 7 heteroatoms. The summed E-state index contributed by atoms with van der Waals surface area (Å²) in [5.74, 6) is 1.61. The maximum absolute atomic E-state index is 11.6. The fourth-order valence-electron chi connectivity index (χ4n) is 1.85. The molecule has 6 nitrogen and oxygen atoms in total. The number of para-hydroxylation sites is 1. The van der Waals surface area contributed by atoms with E-state index in [4.69, 9.17) is 4.74 Å². The Labute approximate surface area is 155 Å². The van der Waals surface area contributed by atoms with Gasteiger partial charge < -0.3 is 20.3 Å². The Bertz CT molecular complexity index is 507. The summed E-state index contributed by atoms with van der Waals surface area (Å²) in [6, 6.07) is 7.80. The molecule has 0 heterocycles. The Balaban J connectivity index is 0.00000484. The predicted octanol–water partition coefficient (Wildman–Crippen LogP) is 1.85. The van der Waals surface area contributed by atoms with Crippen LogP contribution in [0, 0.1) is 0 Å². The molecule has 0 atom stereocenters. The van der Waals surface area contributed by atoms with Gasteiger partial charge >= 0.3 is 0 Å².